The van der Waals surface area contributed by atoms with Crippen molar-refractivity contribution in [3.63, 3.8) is 0 Å². The highest BCUT2D eigenvalue weighted by molar-refractivity contribution is 5.87. The monoisotopic (exact) mass is 248 g/mol. The molecule has 1 heterocycles. The predicted molar refractivity (Wildman–Crippen MR) is 50.5 cm³/mol. The fourth-order valence-electron chi connectivity index (χ4n) is 1.38. The number of aromatic nitrogens is 3. The lowest BCUT2D eigenvalue weighted by molar-refractivity contribution is -0.121. The molecule has 1 aromatic rings. The van der Waals surface area contributed by atoms with Crippen molar-refractivity contribution in [2.75, 3.05) is 0 Å². The van der Waals surface area contributed by atoms with Gasteiger partial charge in [0.1, 0.15) is 11.7 Å². The molecule has 0 aliphatic rings. The Balaban J connectivity index is 3.34. The molecule has 0 bridgehead atoms. The van der Waals surface area contributed by atoms with Gasteiger partial charge in [-0.2, -0.15) is 0 Å². The molecule has 1 aromatic heterocycles. The third-order valence-corrected chi connectivity index (χ3v) is 2.15. The highest BCUT2D eigenvalue weighted by Crippen LogP contribution is 2.25. The number of alkyl halides is 2. The van der Waals surface area contributed by atoms with Crippen molar-refractivity contribution in [3.8, 4) is 0 Å². The van der Waals surface area contributed by atoms with Crippen molar-refractivity contribution < 1.29 is 23.5 Å². The smallest absolute Gasteiger partial charge is 0.358 e. The van der Waals surface area contributed by atoms with Crippen LogP contribution in [-0.4, -0.2) is 32.0 Å². The molecule has 1 amide bonds. The Hall–Kier alpha value is -2.06. The third kappa shape index (κ3) is 2.37. The molecule has 7 nitrogen and oxygen atoms in total. The zero-order valence-electron chi connectivity index (χ0n) is 8.80. The van der Waals surface area contributed by atoms with Crippen LogP contribution in [0.25, 0.3) is 0 Å². The molecule has 0 aliphatic heterocycles. The second-order valence-electron chi connectivity index (χ2n) is 3.20. The molecule has 0 radical (unpaired) electrons. The van der Waals surface area contributed by atoms with Gasteiger partial charge in [-0.3, -0.25) is 4.79 Å². The van der Waals surface area contributed by atoms with Gasteiger partial charge < -0.3 is 10.8 Å². The third-order valence-electron chi connectivity index (χ3n) is 2.15. The van der Waals surface area contributed by atoms with E-state index >= 15 is 0 Å². The van der Waals surface area contributed by atoms with E-state index in [4.69, 9.17) is 10.8 Å². The number of carboxylic acids is 1. The number of carboxylic acid groups (broad SMARTS) is 1. The van der Waals surface area contributed by atoms with E-state index in [-0.39, 0.29) is 6.42 Å². The maximum absolute atomic E-state index is 12.7. The minimum atomic E-state index is -3.11. The summed E-state index contributed by atoms with van der Waals surface area (Å²) in [5.41, 5.74) is 3.22. The molecule has 17 heavy (non-hydrogen) atoms. The van der Waals surface area contributed by atoms with E-state index in [1.165, 1.54) is 6.92 Å². The van der Waals surface area contributed by atoms with E-state index in [1.807, 2.05) is 0 Å². The average molecular weight is 248 g/mol. The van der Waals surface area contributed by atoms with Gasteiger partial charge in [0.2, 0.25) is 5.91 Å². The highest BCUT2D eigenvalue weighted by Gasteiger charge is 2.30. The predicted octanol–water partition coefficient (Wildman–Crippen LogP) is 0.350. The Morgan fingerprint density at radius 3 is 2.47 bits per heavy atom. The van der Waals surface area contributed by atoms with Crippen molar-refractivity contribution in [2.24, 2.45) is 5.73 Å². The van der Waals surface area contributed by atoms with Crippen LogP contribution in [0, 0.1) is 0 Å². The van der Waals surface area contributed by atoms with Crippen molar-refractivity contribution in [2.45, 2.75) is 25.8 Å². The number of amides is 1. The van der Waals surface area contributed by atoms with Crippen molar-refractivity contribution >= 4 is 11.9 Å². The molecule has 9 heteroatoms. The topological polar surface area (TPSA) is 111 Å². The molecule has 0 aliphatic carbocycles. The summed E-state index contributed by atoms with van der Waals surface area (Å²) < 4.78 is 26.0. The number of carbonyl (C=O) groups excluding carboxylic acids is 1. The fourth-order valence-corrected chi connectivity index (χ4v) is 1.38. The Kier molecular flexibility index (Phi) is 3.71. The van der Waals surface area contributed by atoms with Gasteiger partial charge in [0, 0.05) is 0 Å². The summed E-state index contributed by atoms with van der Waals surface area (Å²) in [6, 6.07) is -1.14. The molecule has 0 aromatic carbocycles. The van der Waals surface area contributed by atoms with E-state index in [1.54, 1.807) is 0 Å². The second kappa shape index (κ2) is 4.85. The fraction of sp³-hybridized carbons (Fsp3) is 0.500. The molecule has 1 unspecified atom stereocenters. The van der Waals surface area contributed by atoms with Gasteiger partial charge in [-0.25, -0.2) is 18.3 Å². The van der Waals surface area contributed by atoms with Crippen LogP contribution < -0.4 is 5.73 Å². The number of aromatic carboxylic acids is 1. The first-order valence-electron chi connectivity index (χ1n) is 4.66. The van der Waals surface area contributed by atoms with Gasteiger partial charge >= 0.3 is 5.97 Å². The minimum absolute atomic E-state index is 0.109. The van der Waals surface area contributed by atoms with E-state index in [0.717, 1.165) is 0 Å². The van der Waals surface area contributed by atoms with Crippen LogP contribution in [-0.2, 0) is 4.79 Å². The number of hydrogen-bond acceptors (Lipinski definition) is 4. The van der Waals surface area contributed by atoms with Crippen LogP contribution >= 0.6 is 0 Å². The van der Waals surface area contributed by atoms with E-state index in [0.29, 0.717) is 4.68 Å². The molecule has 0 saturated carbocycles. The molecule has 0 spiro atoms. The number of rotatable bonds is 5. The Morgan fingerprint density at radius 2 is 2.12 bits per heavy atom. The number of hydrogen-bond donors (Lipinski definition) is 2. The lowest BCUT2D eigenvalue weighted by Crippen LogP contribution is -2.28. The van der Waals surface area contributed by atoms with Gasteiger partial charge in [-0.1, -0.05) is 12.1 Å². The number of halogens is 2. The van der Waals surface area contributed by atoms with Crippen molar-refractivity contribution in [1.29, 1.82) is 0 Å². The van der Waals surface area contributed by atoms with Gasteiger partial charge in [0.25, 0.3) is 6.43 Å². The second-order valence-corrected chi connectivity index (χ2v) is 3.20. The summed E-state index contributed by atoms with van der Waals surface area (Å²) in [5.74, 6) is -2.51. The molecule has 0 fully saturated rings. The maximum Gasteiger partial charge on any atom is 0.358 e. The lowest BCUT2D eigenvalue weighted by Gasteiger charge is -2.13. The number of nitrogens with two attached hydrogens (primary N) is 1. The normalized spacial score (nSPS) is 12.7. The lowest BCUT2D eigenvalue weighted by atomic mass is 10.2. The molecule has 1 atom stereocenters. The van der Waals surface area contributed by atoms with Crippen LogP contribution in [0.15, 0.2) is 0 Å². The standard InChI is InChI=1S/C8H10F2N4O3/c1-2-3(7(11)15)14-5(6(9)10)4(8(16)17)12-13-14/h3,6H,2H2,1H3,(H2,11,15)(H,16,17). The molecule has 94 valence electrons. The van der Waals surface area contributed by atoms with Crippen LogP contribution in [0.5, 0.6) is 0 Å². The summed E-state index contributed by atoms with van der Waals surface area (Å²) in [7, 11) is 0. The van der Waals surface area contributed by atoms with Crippen LogP contribution in [0.1, 0.15) is 42.0 Å². The number of carbonyl (C=O) groups is 2. The first-order valence-corrected chi connectivity index (χ1v) is 4.66. The zero-order valence-corrected chi connectivity index (χ0v) is 8.80. The molecule has 3 N–H and O–H groups in total. The van der Waals surface area contributed by atoms with Crippen LogP contribution in [0.2, 0.25) is 0 Å². The quantitative estimate of drug-likeness (QED) is 0.780. The van der Waals surface area contributed by atoms with Gasteiger partial charge in [0.15, 0.2) is 5.69 Å². The van der Waals surface area contributed by atoms with E-state index < -0.39 is 35.7 Å². The highest BCUT2D eigenvalue weighted by atomic mass is 19.3. The molecule has 1 rings (SSSR count). The van der Waals surface area contributed by atoms with E-state index in [2.05, 4.69) is 10.3 Å². The molecule has 0 saturated heterocycles. The van der Waals surface area contributed by atoms with Crippen LogP contribution in [0.3, 0.4) is 0 Å². The maximum atomic E-state index is 12.7. The average Bonchev–Trinajstić information content (AvgIpc) is 2.62. The van der Waals surface area contributed by atoms with Gasteiger partial charge in [-0.05, 0) is 6.42 Å². The van der Waals surface area contributed by atoms with Crippen LogP contribution in [0.4, 0.5) is 8.78 Å². The summed E-state index contributed by atoms with van der Waals surface area (Å²) in [5, 5.41) is 15.0. The number of primary amides is 1. The summed E-state index contributed by atoms with van der Waals surface area (Å²) in [6.07, 6.45) is -3.00. The first-order chi connectivity index (χ1) is 7.90. The van der Waals surface area contributed by atoms with Crippen molar-refractivity contribution in [1.82, 2.24) is 15.0 Å². The molecular formula is C8H10F2N4O3. The van der Waals surface area contributed by atoms with Crippen molar-refractivity contribution in [3.05, 3.63) is 11.4 Å². The SMILES string of the molecule is CCC(C(N)=O)n1nnc(C(=O)O)c1C(F)F. The summed E-state index contributed by atoms with van der Waals surface area (Å²) in [4.78, 5) is 21.7. The summed E-state index contributed by atoms with van der Waals surface area (Å²) in [6.45, 7) is 1.53. The van der Waals surface area contributed by atoms with Gasteiger partial charge in [0.05, 0.1) is 0 Å². The minimum Gasteiger partial charge on any atom is -0.476 e. The largest absolute Gasteiger partial charge is 0.476 e. The van der Waals surface area contributed by atoms with Gasteiger partial charge in [-0.15, -0.1) is 5.10 Å². The van der Waals surface area contributed by atoms with E-state index in [9.17, 15) is 18.4 Å². The Bertz CT molecular complexity index is 446. The molecular weight excluding hydrogens is 238 g/mol. The Morgan fingerprint density at radius 1 is 1.53 bits per heavy atom. The Labute approximate surface area is 94.2 Å². The summed E-state index contributed by atoms with van der Waals surface area (Å²) >= 11 is 0. The zero-order chi connectivity index (χ0) is 13.2. The first kappa shape index (κ1) is 13.0. The number of nitrogens with zero attached hydrogens (tertiary/aromatic N) is 3.